The normalized spacial score (nSPS) is 14.3. The zero-order valence-electron chi connectivity index (χ0n) is 16.8. The van der Waals surface area contributed by atoms with E-state index >= 15 is 0 Å². The predicted molar refractivity (Wildman–Crippen MR) is 116 cm³/mol. The molecule has 2 aromatic heterocycles. The standard InChI is InChI=1S/C20H21ClN8O2/c1-13(29-12-22-11-24-29)18(30)25-14-4-6-15(7-5-14)26-19(31)17-16(21)10-23-20(27-17)28-8-2-3-9-28/h4-7,10-13H,2-3,8-9H2,1H3,(H,25,30)(H,26,31). The van der Waals surface area contributed by atoms with Gasteiger partial charge in [-0.15, -0.1) is 0 Å². The summed E-state index contributed by atoms with van der Waals surface area (Å²) in [6.45, 7) is 3.46. The Morgan fingerprint density at radius 2 is 1.77 bits per heavy atom. The van der Waals surface area contributed by atoms with E-state index in [1.807, 2.05) is 4.90 Å². The minimum Gasteiger partial charge on any atom is -0.341 e. The molecule has 0 radical (unpaired) electrons. The number of amides is 2. The minimum atomic E-state index is -0.508. The first-order valence-electron chi connectivity index (χ1n) is 9.85. The molecule has 0 saturated carbocycles. The fraction of sp³-hybridized carbons (Fsp3) is 0.300. The highest BCUT2D eigenvalue weighted by Crippen LogP contribution is 2.21. The van der Waals surface area contributed by atoms with Crippen molar-refractivity contribution < 1.29 is 9.59 Å². The van der Waals surface area contributed by atoms with Gasteiger partial charge in [-0.05, 0) is 44.0 Å². The molecule has 0 aliphatic carbocycles. The van der Waals surface area contributed by atoms with E-state index in [0.717, 1.165) is 25.9 Å². The highest BCUT2D eigenvalue weighted by atomic mass is 35.5. The Balaban J connectivity index is 1.40. The quantitative estimate of drug-likeness (QED) is 0.605. The van der Waals surface area contributed by atoms with Crippen LogP contribution in [0, 0.1) is 0 Å². The molecular weight excluding hydrogens is 420 g/mol. The Hall–Kier alpha value is -3.53. The lowest BCUT2D eigenvalue weighted by Crippen LogP contribution is -2.24. The molecule has 0 spiro atoms. The molecule has 3 aromatic rings. The van der Waals surface area contributed by atoms with Crippen LogP contribution in [0.1, 0.15) is 36.3 Å². The molecular formula is C20H21ClN8O2. The van der Waals surface area contributed by atoms with Gasteiger partial charge in [-0.1, -0.05) is 11.6 Å². The first-order valence-corrected chi connectivity index (χ1v) is 10.2. The maximum atomic E-state index is 12.7. The first-order chi connectivity index (χ1) is 15.0. The van der Waals surface area contributed by atoms with Crippen LogP contribution >= 0.6 is 11.6 Å². The average molecular weight is 441 g/mol. The molecule has 1 aliphatic heterocycles. The largest absolute Gasteiger partial charge is 0.341 e. The Labute approximate surface area is 183 Å². The molecule has 160 valence electrons. The summed E-state index contributed by atoms with van der Waals surface area (Å²) in [5, 5.41) is 9.73. The van der Waals surface area contributed by atoms with E-state index in [1.54, 1.807) is 31.2 Å². The third kappa shape index (κ3) is 4.80. The highest BCUT2D eigenvalue weighted by Gasteiger charge is 2.20. The van der Waals surface area contributed by atoms with Crippen LogP contribution in [0.15, 0.2) is 43.1 Å². The zero-order valence-corrected chi connectivity index (χ0v) is 17.6. The number of carbonyl (C=O) groups excluding carboxylic acids is 2. The first kappa shape index (κ1) is 20.7. The molecule has 2 N–H and O–H groups in total. The van der Waals surface area contributed by atoms with Crippen molar-refractivity contribution in [3.05, 3.63) is 53.8 Å². The van der Waals surface area contributed by atoms with Gasteiger partial charge in [0.05, 0.1) is 11.2 Å². The lowest BCUT2D eigenvalue weighted by Gasteiger charge is -2.16. The van der Waals surface area contributed by atoms with Crippen LogP contribution < -0.4 is 15.5 Å². The molecule has 0 bridgehead atoms. The van der Waals surface area contributed by atoms with Crippen LogP contribution in [0.3, 0.4) is 0 Å². The number of carbonyl (C=O) groups is 2. The number of benzene rings is 1. The average Bonchev–Trinajstić information content (AvgIpc) is 3.49. The van der Waals surface area contributed by atoms with Crippen LogP contribution in [0.5, 0.6) is 0 Å². The van der Waals surface area contributed by atoms with Gasteiger partial charge in [0.15, 0.2) is 5.69 Å². The Morgan fingerprint density at radius 1 is 1.10 bits per heavy atom. The van der Waals surface area contributed by atoms with E-state index in [9.17, 15) is 9.59 Å². The Morgan fingerprint density at radius 3 is 2.42 bits per heavy atom. The lowest BCUT2D eigenvalue weighted by atomic mass is 10.2. The van der Waals surface area contributed by atoms with Crippen LogP contribution in [0.2, 0.25) is 5.02 Å². The van der Waals surface area contributed by atoms with Gasteiger partial charge in [0.2, 0.25) is 11.9 Å². The lowest BCUT2D eigenvalue weighted by molar-refractivity contribution is -0.119. The summed E-state index contributed by atoms with van der Waals surface area (Å²) in [6.07, 6.45) is 6.46. The third-order valence-electron chi connectivity index (χ3n) is 4.96. The van der Waals surface area contributed by atoms with Gasteiger partial charge in [-0.2, -0.15) is 5.10 Å². The highest BCUT2D eigenvalue weighted by molar-refractivity contribution is 6.34. The number of nitrogens with zero attached hydrogens (tertiary/aromatic N) is 6. The van der Waals surface area contributed by atoms with E-state index in [2.05, 4.69) is 30.7 Å². The summed E-state index contributed by atoms with van der Waals surface area (Å²) in [6, 6.07) is 6.25. The number of aromatic nitrogens is 5. The molecule has 10 nitrogen and oxygen atoms in total. The molecule has 11 heteroatoms. The molecule has 31 heavy (non-hydrogen) atoms. The van der Waals surface area contributed by atoms with Crippen molar-refractivity contribution in [3.8, 4) is 0 Å². The molecule has 1 fully saturated rings. The molecule has 1 unspecified atom stereocenters. The molecule has 1 saturated heterocycles. The number of halogens is 1. The monoisotopic (exact) mass is 440 g/mol. The van der Waals surface area contributed by atoms with Gasteiger partial charge in [-0.25, -0.2) is 19.6 Å². The second kappa shape index (κ2) is 9.09. The van der Waals surface area contributed by atoms with E-state index in [0.29, 0.717) is 17.3 Å². The molecule has 1 atom stereocenters. The van der Waals surface area contributed by atoms with Crippen molar-refractivity contribution in [2.24, 2.45) is 0 Å². The van der Waals surface area contributed by atoms with Crippen molar-refractivity contribution in [1.29, 1.82) is 0 Å². The van der Waals surface area contributed by atoms with Crippen molar-refractivity contribution in [2.75, 3.05) is 28.6 Å². The molecule has 1 aliphatic rings. The topological polar surface area (TPSA) is 118 Å². The van der Waals surface area contributed by atoms with Crippen molar-refractivity contribution in [2.45, 2.75) is 25.8 Å². The summed E-state index contributed by atoms with van der Waals surface area (Å²) in [4.78, 5) is 39.5. The number of hydrogen-bond acceptors (Lipinski definition) is 7. The van der Waals surface area contributed by atoms with Crippen LogP contribution in [0.4, 0.5) is 17.3 Å². The van der Waals surface area contributed by atoms with Crippen molar-refractivity contribution in [3.63, 3.8) is 0 Å². The van der Waals surface area contributed by atoms with Gasteiger partial charge >= 0.3 is 0 Å². The summed E-state index contributed by atoms with van der Waals surface area (Å²) < 4.78 is 1.46. The van der Waals surface area contributed by atoms with Crippen LogP contribution in [0.25, 0.3) is 0 Å². The van der Waals surface area contributed by atoms with Gasteiger partial charge in [0.1, 0.15) is 18.7 Å². The summed E-state index contributed by atoms with van der Waals surface area (Å²) in [7, 11) is 0. The number of hydrogen-bond donors (Lipinski definition) is 2. The fourth-order valence-corrected chi connectivity index (χ4v) is 3.37. The molecule has 4 rings (SSSR count). The van der Waals surface area contributed by atoms with Gasteiger partial charge in [0.25, 0.3) is 5.91 Å². The second-order valence-corrected chi connectivity index (χ2v) is 7.54. The number of rotatable bonds is 6. The predicted octanol–water partition coefficient (Wildman–Crippen LogP) is 2.77. The van der Waals surface area contributed by atoms with Gasteiger partial charge < -0.3 is 15.5 Å². The van der Waals surface area contributed by atoms with E-state index in [4.69, 9.17) is 11.6 Å². The number of anilines is 3. The Kier molecular flexibility index (Phi) is 6.08. The third-order valence-corrected chi connectivity index (χ3v) is 5.24. The van der Waals surface area contributed by atoms with Crippen LogP contribution in [-0.4, -0.2) is 49.6 Å². The summed E-state index contributed by atoms with van der Waals surface area (Å²) >= 11 is 6.16. The van der Waals surface area contributed by atoms with Crippen LogP contribution in [-0.2, 0) is 4.79 Å². The van der Waals surface area contributed by atoms with Gasteiger partial charge in [0, 0.05) is 24.5 Å². The van der Waals surface area contributed by atoms with E-state index < -0.39 is 11.9 Å². The number of nitrogens with one attached hydrogen (secondary N) is 2. The maximum absolute atomic E-state index is 12.7. The van der Waals surface area contributed by atoms with Gasteiger partial charge in [-0.3, -0.25) is 9.59 Å². The smallest absolute Gasteiger partial charge is 0.276 e. The van der Waals surface area contributed by atoms with Crippen molar-refractivity contribution >= 4 is 40.7 Å². The minimum absolute atomic E-state index is 0.123. The fourth-order valence-electron chi connectivity index (χ4n) is 3.20. The van der Waals surface area contributed by atoms with Crippen molar-refractivity contribution in [1.82, 2.24) is 24.7 Å². The molecule has 3 heterocycles. The zero-order chi connectivity index (χ0) is 21.8. The SMILES string of the molecule is CC(C(=O)Nc1ccc(NC(=O)c2nc(N3CCCC3)ncc2Cl)cc1)n1cncn1. The Bertz CT molecular complexity index is 1070. The summed E-state index contributed by atoms with van der Waals surface area (Å²) in [5.41, 5.74) is 1.26. The second-order valence-electron chi connectivity index (χ2n) is 7.13. The molecule has 2 amide bonds. The van der Waals surface area contributed by atoms with E-state index in [-0.39, 0.29) is 16.6 Å². The maximum Gasteiger partial charge on any atom is 0.276 e. The molecule has 1 aromatic carbocycles. The van der Waals surface area contributed by atoms with E-state index in [1.165, 1.54) is 23.5 Å². The summed E-state index contributed by atoms with van der Waals surface area (Å²) in [5.74, 6) is -0.152.